The molecule has 0 spiro atoms. The Morgan fingerprint density at radius 2 is 1.57 bits per heavy atom. The van der Waals surface area contributed by atoms with Crippen molar-refractivity contribution in [1.82, 2.24) is 9.21 Å². The molecule has 2 fully saturated rings. The fourth-order valence-corrected chi connectivity index (χ4v) is 5.58. The van der Waals surface area contributed by atoms with Gasteiger partial charge < -0.3 is 4.74 Å². The Kier molecular flexibility index (Phi) is 7.40. The molecule has 192 valence electrons. The van der Waals surface area contributed by atoms with Gasteiger partial charge in [0.05, 0.1) is 11.8 Å². The number of benzene rings is 2. The molecular weight excluding hydrogens is 491 g/mol. The maximum atomic E-state index is 14.8. The summed E-state index contributed by atoms with van der Waals surface area (Å²) in [4.78, 5) is 1.97. The van der Waals surface area contributed by atoms with E-state index in [1.54, 1.807) is 0 Å². The second kappa shape index (κ2) is 10.0. The first kappa shape index (κ1) is 25.8. The lowest BCUT2D eigenvalue weighted by Crippen LogP contribution is -2.37. The number of piperidine rings is 1. The molecule has 2 aliphatic rings. The zero-order valence-electron chi connectivity index (χ0n) is 19.2. The Labute approximate surface area is 201 Å². The number of ether oxygens (including phenoxy) is 1. The van der Waals surface area contributed by atoms with Crippen molar-refractivity contribution in [2.75, 3.05) is 32.4 Å². The second-order valence-corrected chi connectivity index (χ2v) is 11.2. The number of halogens is 5. The quantitative estimate of drug-likeness (QED) is 0.517. The van der Waals surface area contributed by atoms with Crippen LogP contribution < -0.4 is 4.74 Å². The largest absolute Gasteiger partial charge is 0.483 e. The number of rotatable bonds is 6. The van der Waals surface area contributed by atoms with Crippen molar-refractivity contribution in [1.29, 1.82) is 0 Å². The Bertz CT molecular complexity index is 1120. The lowest BCUT2D eigenvalue weighted by molar-refractivity contribution is -0.137. The van der Waals surface area contributed by atoms with E-state index in [9.17, 15) is 30.4 Å². The van der Waals surface area contributed by atoms with E-state index in [1.165, 1.54) is 28.6 Å². The molecule has 0 saturated carbocycles. The van der Waals surface area contributed by atoms with Gasteiger partial charge in [-0.3, -0.25) is 4.90 Å². The topological polar surface area (TPSA) is 49.9 Å². The van der Waals surface area contributed by atoms with Crippen LogP contribution in [0.3, 0.4) is 0 Å². The van der Waals surface area contributed by atoms with E-state index >= 15 is 0 Å². The smallest absolute Gasteiger partial charge is 0.416 e. The molecule has 0 aromatic heterocycles. The third kappa shape index (κ3) is 6.31. The minimum absolute atomic E-state index is 0.142. The van der Waals surface area contributed by atoms with Crippen molar-refractivity contribution in [3.63, 3.8) is 0 Å². The van der Waals surface area contributed by atoms with Crippen molar-refractivity contribution in [3.05, 3.63) is 64.7 Å². The normalized spacial score (nSPS) is 20.9. The fraction of sp³-hybridized carbons (Fsp3) is 0.500. The molecule has 2 aromatic carbocycles. The van der Waals surface area contributed by atoms with Crippen LogP contribution in [-0.4, -0.2) is 56.2 Å². The van der Waals surface area contributed by atoms with Gasteiger partial charge in [-0.15, -0.1) is 0 Å². The second-order valence-electron chi connectivity index (χ2n) is 9.21. The number of sulfonamides is 1. The molecule has 1 atom stereocenters. The highest BCUT2D eigenvalue weighted by Crippen LogP contribution is 2.34. The average Bonchev–Trinajstić information content (AvgIpc) is 3.22. The molecule has 2 saturated heterocycles. The highest BCUT2D eigenvalue weighted by molar-refractivity contribution is 7.88. The molecule has 0 amide bonds. The molecule has 2 aliphatic heterocycles. The number of likely N-dealkylation sites (tertiary alicyclic amines) is 1. The highest BCUT2D eigenvalue weighted by Gasteiger charge is 2.31. The van der Waals surface area contributed by atoms with Gasteiger partial charge in [-0.1, -0.05) is 12.1 Å². The van der Waals surface area contributed by atoms with E-state index in [4.69, 9.17) is 4.74 Å². The van der Waals surface area contributed by atoms with Gasteiger partial charge >= 0.3 is 6.18 Å². The first-order chi connectivity index (χ1) is 16.4. The van der Waals surface area contributed by atoms with Crippen molar-refractivity contribution in [3.8, 4) is 5.75 Å². The third-order valence-corrected chi connectivity index (χ3v) is 7.92. The van der Waals surface area contributed by atoms with E-state index in [2.05, 4.69) is 0 Å². The summed E-state index contributed by atoms with van der Waals surface area (Å²) >= 11 is 0. The Morgan fingerprint density at radius 1 is 0.971 bits per heavy atom. The lowest BCUT2D eigenvalue weighted by Gasteiger charge is -2.30. The summed E-state index contributed by atoms with van der Waals surface area (Å²) in [6, 6.07) is 7.45. The zero-order valence-corrected chi connectivity index (χ0v) is 20.0. The van der Waals surface area contributed by atoms with Crippen LogP contribution >= 0.6 is 0 Å². The SMILES string of the molecule is CS(=O)(=O)N1CCC(c2cc(F)c(OC3CCN(Cc4ccc(C(F)(F)F)cc4)C3)c(F)c2)CC1. The maximum absolute atomic E-state index is 14.8. The summed E-state index contributed by atoms with van der Waals surface area (Å²) in [7, 11) is -3.28. The zero-order chi connectivity index (χ0) is 25.4. The Hall–Kier alpha value is -2.24. The average molecular weight is 519 g/mol. The highest BCUT2D eigenvalue weighted by atomic mass is 32.2. The molecule has 2 aromatic rings. The lowest BCUT2D eigenvalue weighted by atomic mass is 9.90. The molecular formula is C24H27F5N2O3S. The van der Waals surface area contributed by atoms with E-state index in [1.807, 2.05) is 4.90 Å². The van der Waals surface area contributed by atoms with Crippen molar-refractivity contribution in [2.45, 2.75) is 44.0 Å². The summed E-state index contributed by atoms with van der Waals surface area (Å²) in [6.07, 6.45) is -2.20. The fourth-order valence-electron chi connectivity index (χ4n) is 4.71. The predicted molar refractivity (Wildman–Crippen MR) is 121 cm³/mol. The molecule has 1 unspecified atom stereocenters. The molecule has 0 aliphatic carbocycles. The van der Waals surface area contributed by atoms with Gasteiger partial charge in [0, 0.05) is 32.7 Å². The van der Waals surface area contributed by atoms with Gasteiger partial charge in [-0.25, -0.2) is 21.5 Å². The molecule has 0 bridgehead atoms. The molecule has 0 N–H and O–H groups in total. The minimum Gasteiger partial charge on any atom is -0.483 e. The van der Waals surface area contributed by atoms with Crippen LogP contribution in [0.15, 0.2) is 36.4 Å². The van der Waals surface area contributed by atoms with E-state index in [0.29, 0.717) is 63.1 Å². The number of hydrogen-bond acceptors (Lipinski definition) is 4. The molecule has 35 heavy (non-hydrogen) atoms. The van der Waals surface area contributed by atoms with Crippen LogP contribution in [0.5, 0.6) is 5.75 Å². The van der Waals surface area contributed by atoms with Crippen LogP contribution in [-0.2, 0) is 22.7 Å². The molecule has 5 nitrogen and oxygen atoms in total. The summed E-state index contributed by atoms with van der Waals surface area (Å²) < 4.78 is 98.1. The first-order valence-electron chi connectivity index (χ1n) is 11.4. The van der Waals surface area contributed by atoms with Crippen LogP contribution in [0.1, 0.15) is 41.9 Å². The van der Waals surface area contributed by atoms with Gasteiger partial charge in [0.25, 0.3) is 0 Å². The van der Waals surface area contributed by atoms with Crippen molar-refractivity contribution in [2.24, 2.45) is 0 Å². The third-order valence-electron chi connectivity index (χ3n) is 6.62. The number of alkyl halides is 3. The van der Waals surface area contributed by atoms with Crippen LogP contribution in [0.2, 0.25) is 0 Å². The molecule has 0 radical (unpaired) electrons. The standard InChI is InChI=1S/C24H27F5N2O3S/c1-35(32,33)31-10-6-17(7-11-31)18-12-21(25)23(22(26)13-18)34-20-8-9-30(15-20)14-16-2-4-19(5-3-16)24(27,28)29/h2-5,12-13,17,20H,6-11,14-15H2,1H3. The molecule has 4 rings (SSSR count). The summed E-state index contributed by atoms with van der Waals surface area (Å²) in [5.74, 6) is -2.18. The summed E-state index contributed by atoms with van der Waals surface area (Å²) in [5, 5.41) is 0. The maximum Gasteiger partial charge on any atom is 0.416 e. The molecule has 2 heterocycles. The Balaban J connectivity index is 1.34. The summed E-state index contributed by atoms with van der Waals surface area (Å²) in [5.41, 5.74) is 0.484. The Morgan fingerprint density at radius 3 is 2.11 bits per heavy atom. The molecule has 11 heteroatoms. The minimum atomic E-state index is -4.39. The monoisotopic (exact) mass is 518 g/mol. The van der Waals surface area contributed by atoms with Gasteiger partial charge in [0.1, 0.15) is 6.10 Å². The van der Waals surface area contributed by atoms with Crippen LogP contribution in [0.25, 0.3) is 0 Å². The first-order valence-corrected chi connectivity index (χ1v) is 13.2. The van der Waals surface area contributed by atoms with Crippen molar-refractivity contribution >= 4 is 10.0 Å². The van der Waals surface area contributed by atoms with Gasteiger partial charge in [-0.05, 0) is 60.6 Å². The van der Waals surface area contributed by atoms with Gasteiger partial charge in [-0.2, -0.15) is 13.2 Å². The number of hydrogen-bond donors (Lipinski definition) is 0. The van der Waals surface area contributed by atoms with Crippen LogP contribution in [0.4, 0.5) is 22.0 Å². The number of nitrogens with zero attached hydrogens (tertiary/aromatic N) is 2. The van der Waals surface area contributed by atoms with Gasteiger partial charge in [0.15, 0.2) is 17.4 Å². The van der Waals surface area contributed by atoms with E-state index in [0.717, 1.165) is 18.4 Å². The van der Waals surface area contributed by atoms with Crippen LogP contribution in [0, 0.1) is 11.6 Å². The van der Waals surface area contributed by atoms with E-state index < -0.39 is 45.3 Å². The van der Waals surface area contributed by atoms with E-state index in [-0.39, 0.29) is 5.92 Å². The van der Waals surface area contributed by atoms with Crippen molar-refractivity contribution < 1.29 is 35.1 Å². The summed E-state index contributed by atoms with van der Waals surface area (Å²) in [6.45, 7) is 2.01. The van der Waals surface area contributed by atoms with Gasteiger partial charge in [0.2, 0.25) is 10.0 Å². The predicted octanol–water partition coefficient (Wildman–Crippen LogP) is 4.78.